The first-order chi connectivity index (χ1) is 22.3. The number of aryl methyl sites for hydroxylation is 3. The lowest BCUT2D eigenvalue weighted by molar-refractivity contribution is -0.660. The van der Waals surface area contributed by atoms with Gasteiger partial charge in [0.2, 0.25) is 5.69 Å². The van der Waals surface area contributed by atoms with Gasteiger partial charge in [-0.2, -0.15) is 5.26 Å². The van der Waals surface area contributed by atoms with Crippen molar-refractivity contribution in [2.45, 2.75) is 64.5 Å². The predicted molar refractivity (Wildman–Crippen MR) is 162 cm³/mol. The van der Waals surface area contributed by atoms with Gasteiger partial charge in [-0.05, 0) is 85.6 Å². The molecule has 2 aliphatic rings. The minimum atomic E-state index is -2.64. The van der Waals surface area contributed by atoms with Crippen molar-refractivity contribution in [2.24, 2.45) is 18.9 Å². The summed E-state index contributed by atoms with van der Waals surface area (Å²) in [6.45, 7) is -5.23. The Morgan fingerprint density at radius 2 is 1.70 bits per heavy atom. The van der Waals surface area contributed by atoms with Crippen LogP contribution < -0.4 is 4.57 Å². The molecule has 0 bridgehead atoms. The standard InChI is InChI=1S/C37H37N2O/c1-23-19-34(39(3)22-24(23)2)33-10-6-9-31-32-18-17-30(21-38)35(37(32)40-36(31)33)27-14-11-26(12-15-27)29-16-13-25-7-4-5-8-28(25)20-29/h6,9-12,14-15,17-19,22,25,28-29H,4-5,7-8,13,16,20H2,1-3H3/q+1/i1D3,2D3,29D. The molecule has 2 fully saturated rings. The van der Waals surface area contributed by atoms with Crippen LogP contribution >= 0.6 is 0 Å². The quantitative estimate of drug-likeness (QED) is 0.217. The van der Waals surface area contributed by atoms with Gasteiger partial charge in [-0.15, -0.1) is 0 Å². The van der Waals surface area contributed by atoms with Gasteiger partial charge in [-0.1, -0.05) is 62.1 Å². The van der Waals surface area contributed by atoms with Crippen LogP contribution in [0.4, 0.5) is 0 Å². The third-order valence-electron chi connectivity index (χ3n) is 9.31. The minimum Gasteiger partial charge on any atom is -0.454 e. The molecular weight excluding hydrogens is 488 g/mol. The fourth-order valence-electron chi connectivity index (χ4n) is 7.21. The van der Waals surface area contributed by atoms with E-state index in [1.54, 1.807) is 17.7 Å². The molecule has 3 atom stereocenters. The normalized spacial score (nSPS) is 25.9. The van der Waals surface area contributed by atoms with Crippen LogP contribution in [0.1, 0.15) is 82.7 Å². The van der Waals surface area contributed by atoms with E-state index in [-0.39, 0.29) is 11.1 Å². The number of fused-ring (bicyclic) bond motifs is 4. The fraction of sp³-hybridized carbons (Fsp3) is 0.351. The molecule has 2 saturated carbocycles. The summed E-state index contributed by atoms with van der Waals surface area (Å²) in [5.41, 5.74) is 4.68. The molecule has 0 aliphatic heterocycles. The van der Waals surface area contributed by atoms with Crippen molar-refractivity contribution in [3.63, 3.8) is 0 Å². The Balaban J connectivity index is 1.35. The van der Waals surface area contributed by atoms with E-state index in [0.29, 0.717) is 39.5 Å². The van der Waals surface area contributed by atoms with Gasteiger partial charge < -0.3 is 4.42 Å². The number of hydrogen-bond acceptors (Lipinski definition) is 2. The summed E-state index contributed by atoms with van der Waals surface area (Å²) in [6, 6.07) is 21.1. The molecule has 200 valence electrons. The fourth-order valence-corrected chi connectivity index (χ4v) is 7.21. The van der Waals surface area contributed by atoms with E-state index in [2.05, 4.69) is 6.07 Å². The molecule has 3 unspecified atom stereocenters. The maximum absolute atomic E-state index is 10.2. The lowest BCUT2D eigenvalue weighted by Crippen LogP contribution is -2.31. The lowest BCUT2D eigenvalue weighted by Gasteiger charge is -2.39. The summed E-state index contributed by atoms with van der Waals surface area (Å²) in [6.07, 6.45) is 9.35. The first kappa shape index (κ1) is 18.4. The maximum atomic E-state index is 10.2. The van der Waals surface area contributed by atoms with E-state index >= 15 is 0 Å². The zero-order valence-electron chi connectivity index (χ0n) is 29.8. The molecule has 0 spiro atoms. The lowest BCUT2D eigenvalue weighted by atomic mass is 9.66. The van der Waals surface area contributed by atoms with Crippen LogP contribution in [0.3, 0.4) is 0 Å². The zero-order valence-corrected chi connectivity index (χ0v) is 22.8. The second-order valence-electron chi connectivity index (χ2n) is 11.6. The Morgan fingerprint density at radius 1 is 0.900 bits per heavy atom. The molecule has 2 aliphatic carbocycles. The molecule has 40 heavy (non-hydrogen) atoms. The minimum absolute atomic E-state index is 0.217. The summed E-state index contributed by atoms with van der Waals surface area (Å²) in [5.74, 6) is 0.783. The van der Waals surface area contributed by atoms with Crippen molar-refractivity contribution in [3.8, 4) is 28.5 Å². The van der Waals surface area contributed by atoms with Crippen LogP contribution in [0, 0.1) is 36.9 Å². The van der Waals surface area contributed by atoms with Gasteiger partial charge in [-0.3, -0.25) is 0 Å². The molecule has 5 aromatic rings. The second-order valence-corrected chi connectivity index (χ2v) is 11.6. The van der Waals surface area contributed by atoms with Crippen LogP contribution in [0.25, 0.3) is 44.3 Å². The average molecular weight is 533 g/mol. The molecule has 0 N–H and O–H groups in total. The van der Waals surface area contributed by atoms with Gasteiger partial charge in [0.05, 0.1) is 17.2 Å². The van der Waals surface area contributed by atoms with Crippen LogP contribution in [0.2, 0.25) is 0 Å². The molecular formula is C37H37N2O+. The first-order valence-corrected chi connectivity index (χ1v) is 14.3. The highest BCUT2D eigenvalue weighted by Crippen LogP contribution is 2.47. The van der Waals surface area contributed by atoms with Crippen LogP contribution in [0.5, 0.6) is 0 Å². The van der Waals surface area contributed by atoms with E-state index in [1.807, 2.05) is 48.5 Å². The van der Waals surface area contributed by atoms with E-state index in [4.69, 9.17) is 12.6 Å². The third-order valence-corrected chi connectivity index (χ3v) is 9.31. The van der Waals surface area contributed by atoms with E-state index in [1.165, 1.54) is 37.9 Å². The van der Waals surface area contributed by atoms with Crippen molar-refractivity contribution in [1.29, 1.82) is 5.26 Å². The summed E-state index contributed by atoms with van der Waals surface area (Å²) in [7, 11) is 1.69. The van der Waals surface area contributed by atoms with Gasteiger partial charge in [0.25, 0.3) is 0 Å². The van der Waals surface area contributed by atoms with Crippen molar-refractivity contribution >= 4 is 21.9 Å². The maximum Gasteiger partial charge on any atom is 0.216 e. The van der Waals surface area contributed by atoms with E-state index < -0.39 is 19.6 Å². The second kappa shape index (κ2) is 9.93. The summed E-state index contributed by atoms with van der Waals surface area (Å²) >= 11 is 0. The Bertz CT molecular complexity index is 2050. The van der Waals surface area contributed by atoms with Crippen LogP contribution in [0.15, 0.2) is 71.3 Å². The molecule has 0 radical (unpaired) electrons. The molecule has 3 aromatic carbocycles. The van der Waals surface area contributed by atoms with Crippen molar-refractivity contribution in [2.75, 3.05) is 0 Å². The van der Waals surface area contributed by atoms with Crippen molar-refractivity contribution in [3.05, 3.63) is 89.1 Å². The SMILES string of the molecule is [2H]C([2H])([2H])c1cc(-c2cccc3c2oc2c(-c4ccc(C5([2H])CCC6CCCCC6C5)cc4)c(C#N)ccc23)[n+](C)cc1C([2H])([2H])[2H]. The van der Waals surface area contributed by atoms with Gasteiger partial charge in [0.1, 0.15) is 18.2 Å². The molecule has 0 amide bonds. The highest BCUT2D eigenvalue weighted by molar-refractivity contribution is 6.13. The number of furan rings is 1. The number of nitrogens with zero attached hydrogens (tertiary/aromatic N) is 2. The Labute approximate surface area is 246 Å². The topological polar surface area (TPSA) is 40.8 Å². The predicted octanol–water partition coefficient (Wildman–Crippen LogP) is 9.31. The number of pyridine rings is 1. The number of benzene rings is 3. The molecule has 2 aromatic heterocycles. The molecule has 3 heteroatoms. The van der Waals surface area contributed by atoms with Crippen molar-refractivity contribution < 1.29 is 18.6 Å². The van der Waals surface area contributed by atoms with Gasteiger partial charge in [0, 0.05) is 37.6 Å². The Morgan fingerprint density at radius 3 is 2.50 bits per heavy atom. The zero-order chi connectivity index (χ0) is 33.3. The molecule has 2 heterocycles. The highest BCUT2D eigenvalue weighted by atomic mass is 16.3. The number of para-hydroxylation sites is 1. The summed E-state index contributed by atoms with van der Waals surface area (Å²) in [5, 5.41) is 11.8. The molecule has 7 rings (SSSR count). The molecule has 0 saturated heterocycles. The molecule has 3 nitrogen and oxygen atoms in total. The highest BCUT2D eigenvalue weighted by Gasteiger charge is 2.32. The third kappa shape index (κ3) is 4.13. The van der Waals surface area contributed by atoms with Crippen LogP contribution in [-0.2, 0) is 7.05 Å². The number of aromatic nitrogens is 1. The summed E-state index contributed by atoms with van der Waals surface area (Å²) in [4.78, 5) is 0. The van der Waals surface area contributed by atoms with E-state index in [9.17, 15) is 6.63 Å². The van der Waals surface area contributed by atoms with E-state index in [0.717, 1.165) is 47.1 Å². The number of nitriles is 1. The largest absolute Gasteiger partial charge is 0.454 e. The Hall–Kier alpha value is -3.90. The van der Waals surface area contributed by atoms with Crippen LogP contribution in [-0.4, -0.2) is 0 Å². The monoisotopic (exact) mass is 532 g/mol. The average Bonchev–Trinajstić information content (AvgIpc) is 3.42. The van der Waals surface area contributed by atoms with Crippen molar-refractivity contribution in [1.82, 2.24) is 0 Å². The van der Waals surface area contributed by atoms with Gasteiger partial charge >= 0.3 is 0 Å². The van der Waals surface area contributed by atoms with Gasteiger partial charge in [0.15, 0.2) is 6.20 Å². The Kier molecular flexibility index (Phi) is 4.58. The van der Waals surface area contributed by atoms with Gasteiger partial charge in [-0.25, -0.2) is 4.57 Å². The summed E-state index contributed by atoms with van der Waals surface area (Å²) < 4.78 is 65.8. The smallest absolute Gasteiger partial charge is 0.216 e. The first-order valence-electron chi connectivity index (χ1n) is 17.8. The number of rotatable bonds is 3. The number of hydrogen-bond donors (Lipinski definition) is 0.